The van der Waals surface area contributed by atoms with Crippen LogP contribution in [0.3, 0.4) is 0 Å². The third-order valence-corrected chi connectivity index (χ3v) is 6.41. The van der Waals surface area contributed by atoms with Crippen molar-refractivity contribution in [2.75, 3.05) is 10.0 Å². The average Bonchev–Trinajstić information content (AvgIpc) is 2.69. The predicted octanol–water partition coefficient (Wildman–Crippen LogP) is 4.72. The van der Waals surface area contributed by atoms with Crippen LogP contribution < -0.4 is 14.8 Å². The lowest BCUT2D eigenvalue weighted by atomic mass is 10.3. The maximum absolute atomic E-state index is 12.6. The van der Waals surface area contributed by atoms with Gasteiger partial charge in [0.05, 0.1) is 9.37 Å². The maximum atomic E-state index is 12.6. The number of hydrogen-bond donors (Lipinski definition) is 2. The van der Waals surface area contributed by atoms with E-state index in [-0.39, 0.29) is 10.8 Å². The zero-order chi connectivity index (χ0) is 23.5. The number of nitrogens with one attached hydrogen (secondary N) is 2. The molecule has 1 unspecified atom stereocenters. The van der Waals surface area contributed by atoms with Crippen molar-refractivity contribution in [1.82, 2.24) is 9.97 Å². The largest absolute Gasteiger partial charge is 0.480 e. The van der Waals surface area contributed by atoms with E-state index < -0.39 is 22.0 Å². The van der Waals surface area contributed by atoms with E-state index >= 15 is 0 Å². The molecule has 168 valence electrons. The first-order valence-electron chi connectivity index (χ1n) is 9.41. The first-order valence-corrected chi connectivity index (χ1v) is 12.1. The van der Waals surface area contributed by atoms with Gasteiger partial charge in [0.15, 0.2) is 6.10 Å². The first kappa shape index (κ1) is 24.0. The van der Waals surface area contributed by atoms with E-state index in [0.29, 0.717) is 32.3 Å². The molecule has 0 fully saturated rings. The minimum absolute atomic E-state index is 0.000729. The smallest absolute Gasteiger partial charge is 0.265 e. The van der Waals surface area contributed by atoms with Gasteiger partial charge in [-0.25, -0.2) is 23.1 Å². The summed E-state index contributed by atoms with van der Waals surface area (Å²) in [5.41, 5.74) is 1.72. The summed E-state index contributed by atoms with van der Waals surface area (Å²) < 4.78 is 33.9. The zero-order valence-corrected chi connectivity index (χ0v) is 20.5. The Morgan fingerprint density at radius 3 is 2.28 bits per heavy atom. The molecule has 1 amide bonds. The van der Waals surface area contributed by atoms with Crippen LogP contribution in [0.5, 0.6) is 5.75 Å². The Morgan fingerprint density at radius 1 is 1.06 bits per heavy atom. The number of benzene rings is 2. The fourth-order valence-corrected chi connectivity index (χ4v) is 4.45. The van der Waals surface area contributed by atoms with E-state index in [1.54, 1.807) is 45.0 Å². The van der Waals surface area contributed by atoms with Gasteiger partial charge in [-0.3, -0.25) is 4.79 Å². The van der Waals surface area contributed by atoms with Crippen LogP contribution in [0.15, 0.2) is 57.9 Å². The van der Waals surface area contributed by atoms with Crippen LogP contribution >= 0.6 is 27.5 Å². The van der Waals surface area contributed by atoms with Crippen LogP contribution in [0.4, 0.5) is 11.6 Å². The predicted molar refractivity (Wildman–Crippen MR) is 127 cm³/mol. The molecule has 0 saturated heterocycles. The third kappa shape index (κ3) is 6.18. The summed E-state index contributed by atoms with van der Waals surface area (Å²) in [5, 5.41) is 3.23. The van der Waals surface area contributed by atoms with E-state index in [9.17, 15) is 13.2 Å². The summed E-state index contributed by atoms with van der Waals surface area (Å²) in [6.45, 7) is 5.10. The second-order valence-corrected chi connectivity index (χ2v) is 9.90. The fraction of sp³-hybridized carbons (Fsp3) is 0.190. The number of aromatic nitrogens is 2. The lowest BCUT2D eigenvalue weighted by molar-refractivity contribution is -0.122. The number of sulfonamides is 1. The highest BCUT2D eigenvalue weighted by Crippen LogP contribution is 2.29. The molecule has 0 spiro atoms. The molecule has 0 aliphatic rings. The molecule has 0 saturated carbocycles. The van der Waals surface area contributed by atoms with Crippen LogP contribution in [-0.2, 0) is 14.8 Å². The van der Waals surface area contributed by atoms with Crippen molar-refractivity contribution in [3.63, 3.8) is 0 Å². The van der Waals surface area contributed by atoms with Crippen LogP contribution in [0.2, 0.25) is 5.02 Å². The van der Waals surface area contributed by atoms with Gasteiger partial charge in [0.2, 0.25) is 5.95 Å². The van der Waals surface area contributed by atoms with Crippen LogP contribution in [-0.4, -0.2) is 30.4 Å². The van der Waals surface area contributed by atoms with Gasteiger partial charge in [0, 0.05) is 22.1 Å². The molecule has 1 atom stereocenters. The number of aryl methyl sites for hydroxylation is 2. The van der Waals surface area contributed by atoms with Gasteiger partial charge in [-0.1, -0.05) is 11.6 Å². The number of anilines is 2. The van der Waals surface area contributed by atoms with Gasteiger partial charge in [0.1, 0.15) is 5.75 Å². The number of carbonyl (C=O) groups is 1. The number of nitrogens with zero attached hydrogens (tertiary/aromatic N) is 2. The van der Waals surface area contributed by atoms with Gasteiger partial charge < -0.3 is 10.1 Å². The van der Waals surface area contributed by atoms with E-state index in [0.717, 1.165) is 0 Å². The summed E-state index contributed by atoms with van der Waals surface area (Å²) in [6.07, 6.45) is -0.806. The van der Waals surface area contributed by atoms with E-state index in [1.807, 2.05) is 0 Å². The minimum Gasteiger partial charge on any atom is -0.480 e. The highest BCUT2D eigenvalue weighted by molar-refractivity contribution is 9.10. The molecular formula is C21H20BrClN4O4S. The number of halogens is 2. The van der Waals surface area contributed by atoms with E-state index in [2.05, 4.69) is 35.9 Å². The van der Waals surface area contributed by atoms with Gasteiger partial charge >= 0.3 is 0 Å². The number of amides is 1. The van der Waals surface area contributed by atoms with Crippen molar-refractivity contribution >= 4 is 55.1 Å². The molecule has 32 heavy (non-hydrogen) atoms. The molecule has 0 bridgehead atoms. The Bertz CT molecular complexity index is 1230. The molecule has 3 rings (SSSR count). The van der Waals surface area contributed by atoms with Crippen molar-refractivity contribution in [2.24, 2.45) is 0 Å². The van der Waals surface area contributed by atoms with Gasteiger partial charge in [-0.15, -0.1) is 0 Å². The Kier molecular flexibility index (Phi) is 7.37. The molecule has 0 radical (unpaired) electrons. The molecular weight excluding hydrogens is 520 g/mol. The number of hydrogen-bond acceptors (Lipinski definition) is 6. The SMILES string of the molecule is Cc1cc(C)nc(NS(=O)(=O)c2ccc(NC(=O)C(C)Oc3ccc(Cl)cc3Br)cc2)n1. The topological polar surface area (TPSA) is 110 Å². The fourth-order valence-electron chi connectivity index (χ4n) is 2.73. The first-order chi connectivity index (χ1) is 15.0. The number of ether oxygens (including phenoxy) is 1. The summed E-state index contributed by atoms with van der Waals surface area (Å²) in [6, 6.07) is 12.4. The second kappa shape index (κ2) is 9.85. The summed E-state index contributed by atoms with van der Waals surface area (Å²) in [7, 11) is -3.89. The van der Waals surface area contributed by atoms with Crippen molar-refractivity contribution in [1.29, 1.82) is 0 Å². The van der Waals surface area contributed by atoms with Crippen LogP contribution in [0.1, 0.15) is 18.3 Å². The summed E-state index contributed by atoms with van der Waals surface area (Å²) >= 11 is 9.24. The maximum Gasteiger partial charge on any atom is 0.265 e. The zero-order valence-electron chi connectivity index (χ0n) is 17.4. The van der Waals surface area contributed by atoms with Gasteiger partial charge in [0.25, 0.3) is 15.9 Å². The van der Waals surface area contributed by atoms with Crippen molar-refractivity contribution < 1.29 is 17.9 Å². The molecule has 2 N–H and O–H groups in total. The van der Waals surface area contributed by atoms with Gasteiger partial charge in [-0.05, 0) is 85.2 Å². The van der Waals surface area contributed by atoms with Crippen LogP contribution in [0, 0.1) is 13.8 Å². The quantitative estimate of drug-likeness (QED) is 0.450. The van der Waals surface area contributed by atoms with Crippen LogP contribution in [0.25, 0.3) is 0 Å². The molecule has 3 aromatic rings. The van der Waals surface area contributed by atoms with E-state index in [4.69, 9.17) is 16.3 Å². The molecule has 1 heterocycles. The Hall–Kier alpha value is -2.69. The monoisotopic (exact) mass is 538 g/mol. The average molecular weight is 540 g/mol. The van der Waals surface area contributed by atoms with Crippen molar-refractivity contribution in [3.05, 3.63) is 69.4 Å². The van der Waals surface area contributed by atoms with Crippen molar-refractivity contribution in [2.45, 2.75) is 31.8 Å². The second-order valence-electron chi connectivity index (χ2n) is 6.93. The molecule has 2 aromatic carbocycles. The Morgan fingerprint density at radius 2 is 1.69 bits per heavy atom. The van der Waals surface area contributed by atoms with Crippen molar-refractivity contribution in [3.8, 4) is 5.75 Å². The summed E-state index contributed by atoms with van der Waals surface area (Å²) in [4.78, 5) is 20.6. The molecule has 0 aliphatic heterocycles. The number of rotatable bonds is 7. The highest BCUT2D eigenvalue weighted by atomic mass is 79.9. The molecule has 11 heteroatoms. The standard InChI is InChI=1S/C21H20BrClN4O4S/c1-12-10-13(2)25-21(24-12)27-32(29,30)17-7-5-16(6-8-17)26-20(28)14(3)31-19-9-4-15(23)11-18(19)22/h4-11,14H,1-3H3,(H,26,28)(H,24,25,27). The van der Waals surface area contributed by atoms with Gasteiger partial charge in [-0.2, -0.15) is 0 Å². The highest BCUT2D eigenvalue weighted by Gasteiger charge is 2.19. The lowest BCUT2D eigenvalue weighted by Crippen LogP contribution is -2.30. The molecule has 8 nitrogen and oxygen atoms in total. The number of carbonyl (C=O) groups excluding carboxylic acids is 1. The Labute approximate surface area is 199 Å². The Balaban J connectivity index is 1.66. The third-order valence-electron chi connectivity index (χ3n) is 4.21. The van der Waals surface area contributed by atoms with E-state index in [1.165, 1.54) is 24.3 Å². The minimum atomic E-state index is -3.89. The molecule has 1 aromatic heterocycles. The molecule has 0 aliphatic carbocycles. The summed E-state index contributed by atoms with van der Waals surface area (Å²) in [5.74, 6) is 0.0709. The lowest BCUT2D eigenvalue weighted by Gasteiger charge is -2.16. The normalized spacial score (nSPS) is 12.2.